The molecule has 3 N–H and O–H groups in total. The predicted octanol–water partition coefficient (Wildman–Crippen LogP) is 18.2. The summed E-state index contributed by atoms with van der Waals surface area (Å²) in [5.74, 6) is -0.480. The van der Waals surface area contributed by atoms with Crippen molar-refractivity contribution in [3.05, 3.63) is 24.3 Å². The molecule has 0 saturated carbocycles. The average molecular weight is 931 g/mol. The number of carbonyl (C=O) groups is 2. The van der Waals surface area contributed by atoms with E-state index in [4.69, 9.17) is 4.74 Å². The number of aliphatic hydroxyl groups is 2. The first-order valence-corrected chi connectivity index (χ1v) is 29.6. The average Bonchev–Trinajstić information content (AvgIpc) is 3.31. The molecule has 0 spiro atoms. The molecule has 3 unspecified atom stereocenters. The van der Waals surface area contributed by atoms with Gasteiger partial charge in [0.2, 0.25) is 5.91 Å². The van der Waals surface area contributed by atoms with Crippen LogP contribution in [-0.4, -0.2) is 46.9 Å². The van der Waals surface area contributed by atoms with Gasteiger partial charge in [0, 0.05) is 6.42 Å². The second-order valence-corrected chi connectivity index (χ2v) is 20.4. The quantitative estimate of drug-likeness (QED) is 0.0321. The van der Waals surface area contributed by atoms with Gasteiger partial charge >= 0.3 is 5.97 Å². The second kappa shape index (κ2) is 54.3. The summed E-state index contributed by atoms with van der Waals surface area (Å²) < 4.78 is 5.95. The number of carbonyl (C=O) groups excluding carboxylic acids is 2. The van der Waals surface area contributed by atoms with Crippen molar-refractivity contribution in [1.82, 2.24) is 5.32 Å². The van der Waals surface area contributed by atoms with Crippen molar-refractivity contribution in [2.75, 3.05) is 6.61 Å². The summed E-state index contributed by atoms with van der Waals surface area (Å²) in [6.45, 7) is 6.51. The molecule has 0 rings (SSSR count). The van der Waals surface area contributed by atoms with E-state index in [1.165, 1.54) is 212 Å². The maximum Gasteiger partial charge on any atom is 0.306 e. The van der Waals surface area contributed by atoms with E-state index in [0.29, 0.717) is 19.3 Å². The lowest BCUT2D eigenvalue weighted by molar-refractivity contribution is -0.151. The van der Waals surface area contributed by atoms with E-state index in [0.717, 1.165) is 64.2 Å². The van der Waals surface area contributed by atoms with Gasteiger partial charge in [-0.1, -0.05) is 283 Å². The van der Waals surface area contributed by atoms with Crippen LogP contribution >= 0.6 is 0 Å². The fourth-order valence-electron chi connectivity index (χ4n) is 9.31. The van der Waals surface area contributed by atoms with Gasteiger partial charge in [0.15, 0.2) is 0 Å². The molecule has 0 aliphatic carbocycles. The van der Waals surface area contributed by atoms with Crippen LogP contribution in [0.2, 0.25) is 0 Å². The molecular weight excluding hydrogens is 815 g/mol. The predicted molar refractivity (Wildman–Crippen MR) is 287 cm³/mol. The summed E-state index contributed by atoms with van der Waals surface area (Å²) in [6, 6.07) is -0.707. The normalized spacial score (nSPS) is 13.2. The number of rotatable bonds is 54. The van der Waals surface area contributed by atoms with Crippen LogP contribution < -0.4 is 5.32 Å². The van der Waals surface area contributed by atoms with E-state index in [1.54, 1.807) is 0 Å². The fourth-order valence-corrected chi connectivity index (χ4v) is 9.31. The fraction of sp³-hybridized carbons (Fsp3) is 0.900. The molecule has 390 valence electrons. The van der Waals surface area contributed by atoms with Gasteiger partial charge in [-0.25, -0.2) is 0 Å². The molecule has 6 heteroatoms. The zero-order chi connectivity index (χ0) is 48.1. The van der Waals surface area contributed by atoms with Crippen LogP contribution in [0, 0.1) is 0 Å². The molecule has 1 amide bonds. The Morgan fingerprint density at radius 3 is 1.14 bits per heavy atom. The second-order valence-electron chi connectivity index (χ2n) is 20.4. The van der Waals surface area contributed by atoms with Crippen molar-refractivity contribution < 1.29 is 24.5 Å². The smallest absolute Gasteiger partial charge is 0.306 e. The number of nitrogens with one attached hydrogen (secondary N) is 1. The van der Waals surface area contributed by atoms with Gasteiger partial charge in [-0.15, -0.1) is 0 Å². The van der Waals surface area contributed by atoms with Crippen LogP contribution in [0.1, 0.15) is 323 Å². The highest BCUT2D eigenvalue weighted by Gasteiger charge is 2.24. The summed E-state index contributed by atoms with van der Waals surface area (Å²) in [5, 5.41) is 23.9. The SMILES string of the molecule is CCCCCCCCC/C=C/C=C/CCCCCC(CC(=O)NC(CO)C(O)CCCCCCCCCCCCCCCCCCC)OC(=O)CCCCCCCCCCCCCCCC. The number of allylic oxidation sites excluding steroid dienone is 4. The van der Waals surface area contributed by atoms with Crippen molar-refractivity contribution in [3.63, 3.8) is 0 Å². The first-order chi connectivity index (χ1) is 32.5. The standard InChI is InChI=1S/C60H115NO5/c1-4-7-10-13-16-19-22-25-28-30-32-34-37-40-43-46-49-52-58(63)57(55-62)61-59(64)54-56(51-48-45-42-39-36-33-31-29-26-23-20-17-14-11-8-5-2)66-60(65)53-50-47-44-41-38-35-27-24-21-18-15-12-9-6-3/h29,31,33,36,56-58,62-63H,4-28,30,32,34-35,37-55H2,1-3H3,(H,61,64)/b31-29+,36-33+. The molecule has 6 nitrogen and oxygen atoms in total. The number of ether oxygens (including phenoxy) is 1. The Labute approximate surface area is 411 Å². The zero-order valence-corrected chi connectivity index (χ0v) is 44.6. The largest absolute Gasteiger partial charge is 0.462 e. The number of amides is 1. The number of esters is 1. The Balaban J connectivity index is 4.54. The lowest BCUT2D eigenvalue weighted by Gasteiger charge is -2.24. The van der Waals surface area contributed by atoms with Gasteiger partial charge in [-0.2, -0.15) is 0 Å². The zero-order valence-electron chi connectivity index (χ0n) is 44.6. The maximum absolute atomic E-state index is 13.3. The van der Waals surface area contributed by atoms with E-state index in [2.05, 4.69) is 50.4 Å². The van der Waals surface area contributed by atoms with Crippen LogP contribution in [0.3, 0.4) is 0 Å². The number of aliphatic hydroxyl groups excluding tert-OH is 2. The minimum atomic E-state index is -0.792. The monoisotopic (exact) mass is 930 g/mol. The Kier molecular flexibility index (Phi) is 52.9. The first-order valence-electron chi connectivity index (χ1n) is 29.6. The van der Waals surface area contributed by atoms with Crippen molar-refractivity contribution in [1.29, 1.82) is 0 Å². The van der Waals surface area contributed by atoms with Crippen molar-refractivity contribution >= 4 is 11.9 Å². The lowest BCUT2D eigenvalue weighted by atomic mass is 10.0. The molecule has 0 saturated heterocycles. The van der Waals surface area contributed by atoms with Crippen LogP contribution in [-0.2, 0) is 14.3 Å². The van der Waals surface area contributed by atoms with Gasteiger partial charge in [-0.3, -0.25) is 9.59 Å². The van der Waals surface area contributed by atoms with Crippen LogP contribution in [0.4, 0.5) is 0 Å². The van der Waals surface area contributed by atoms with Crippen LogP contribution in [0.5, 0.6) is 0 Å². The van der Waals surface area contributed by atoms with Crippen LogP contribution in [0.25, 0.3) is 0 Å². The highest BCUT2D eigenvalue weighted by Crippen LogP contribution is 2.19. The summed E-state index contributed by atoms with van der Waals surface area (Å²) in [5.41, 5.74) is 0. The molecule has 0 heterocycles. The first kappa shape index (κ1) is 64.3. The minimum Gasteiger partial charge on any atom is -0.462 e. The van der Waals surface area contributed by atoms with Gasteiger partial charge in [-0.05, 0) is 51.4 Å². The summed E-state index contributed by atoms with van der Waals surface area (Å²) >= 11 is 0. The molecule has 0 aromatic carbocycles. The van der Waals surface area contributed by atoms with Gasteiger partial charge in [0.05, 0.1) is 25.2 Å². The van der Waals surface area contributed by atoms with Gasteiger partial charge in [0.25, 0.3) is 0 Å². The molecule has 0 aromatic heterocycles. The van der Waals surface area contributed by atoms with E-state index in [9.17, 15) is 19.8 Å². The molecule has 0 bridgehead atoms. The molecule has 0 aliphatic heterocycles. The number of hydrogen-bond donors (Lipinski definition) is 3. The third-order valence-corrected chi connectivity index (χ3v) is 13.8. The summed E-state index contributed by atoms with van der Waals surface area (Å²) in [7, 11) is 0. The molecule has 0 radical (unpaired) electrons. The molecular formula is C60H115NO5. The number of unbranched alkanes of at least 4 members (excludes halogenated alkanes) is 39. The topological polar surface area (TPSA) is 95.9 Å². The third-order valence-electron chi connectivity index (χ3n) is 13.8. The van der Waals surface area contributed by atoms with E-state index in [-0.39, 0.29) is 24.9 Å². The Hall–Kier alpha value is -1.66. The Morgan fingerprint density at radius 1 is 0.439 bits per heavy atom. The molecule has 66 heavy (non-hydrogen) atoms. The van der Waals surface area contributed by atoms with Crippen LogP contribution in [0.15, 0.2) is 24.3 Å². The highest BCUT2D eigenvalue weighted by atomic mass is 16.5. The van der Waals surface area contributed by atoms with Crippen molar-refractivity contribution in [2.45, 2.75) is 341 Å². The Bertz CT molecular complexity index is 1040. The molecule has 3 atom stereocenters. The third kappa shape index (κ3) is 48.8. The van der Waals surface area contributed by atoms with Crippen molar-refractivity contribution in [2.24, 2.45) is 0 Å². The summed E-state index contributed by atoms with van der Waals surface area (Å²) in [6.07, 6.45) is 63.9. The summed E-state index contributed by atoms with van der Waals surface area (Å²) in [4.78, 5) is 26.3. The van der Waals surface area contributed by atoms with E-state index < -0.39 is 18.2 Å². The van der Waals surface area contributed by atoms with Crippen molar-refractivity contribution in [3.8, 4) is 0 Å². The van der Waals surface area contributed by atoms with Gasteiger partial charge in [0.1, 0.15) is 6.10 Å². The van der Waals surface area contributed by atoms with Gasteiger partial charge < -0.3 is 20.3 Å². The van der Waals surface area contributed by atoms with E-state index >= 15 is 0 Å². The lowest BCUT2D eigenvalue weighted by Crippen LogP contribution is -2.46. The highest BCUT2D eigenvalue weighted by molar-refractivity contribution is 5.77. The minimum absolute atomic E-state index is 0.0657. The molecule has 0 aromatic rings. The van der Waals surface area contributed by atoms with E-state index in [1.807, 2.05) is 0 Å². The number of hydrogen-bond acceptors (Lipinski definition) is 5. The Morgan fingerprint density at radius 2 is 0.758 bits per heavy atom. The molecule has 0 aliphatic rings. The molecule has 0 fully saturated rings. The maximum atomic E-state index is 13.3.